The molecule has 0 saturated heterocycles. The van der Waals surface area contributed by atoms with Crippen LogP contribution < -0.4 is 10.1 Å². The Bertz CT molecular complexity index is 844. The molecule has 2 aromatic carbocycles. The summed E-state index contributed by atoms with van der Waals surface area (Å²) >= 11 is 0. The molecule has 0 aliphatic carbocycles. The highest BCUT2D eigenvalue weighted by atomic mass is 16.5. The van der Waals surface area contributed by atoms with Crippen molar-refractivity contribution >= 4 is 23.3 Å². The second-order valence-corrected chi connectivity index (χ2v) is 7.21. The minimum Gasteiger partial charge on any atom is -0.481 e. The number of nitrogens with one attached hydrogen (secondary N) is 1. The smallest absolute Gasteiger partial charge is 0.263 e. The highest BCUT2D eigenvalue weighted by Crippen LogP contribution is 2.16. The van der Waals surface area contributed by atoms with Gasteiger partial charge in [0.25, 0.3) is 5.91 Å². The Balaban J connectivity index is 1.84. The Kier molecular flexibility index (Phi) is 7.95. The lowest BCUT2D eigenvalue weighted by atomic mass is 10.1. The van der Waals surface area contributed by atoms with E-state index in [9.17, 15) is 14.4 Å². The molecule has 0 aliphatic rings. The molecule has 6 nitrogen and oxygen atoms in total. The number of amides is 2. The molecule has 0 fully saturated rings. The first-order valence-corrected chi connectivity index (χ1v) is 9.61. The van der Waals surface area contributed by atoms with Crippen molar-refractivity contribution in [2.75, 3.05) is 18.9 Å². The maximum absolute atomic E-state index is 12.5. The third-order valence-corrected chi connectivity index (χ3v) is 4.44. The van der Waals surface area contributed by atoms with E-state index in [0.29, 0.717) is 24.3 Å². The Hall–Kier alpha value is -3.15. The molecule has 1 unspecified atom stereocenters. The molecule has 6 heteroatoms. The van der Waals surface area contributed by atoms with Crippen molar-refractivity contribution in [1.29, 1.82) is 0 Å². The van der Waals surface area contributed by atoms with E-state index in [4.69, 9.17) is 4.74 Å². The van der Waals surface area contributed by atoms with Crippen LogP contribution in [0.3, 0.4) is 0 Å². The fraction of sp³-hybridized carbons (Fsp3) is 0.348. The van der Waals surface area contributed by atoms with E-state index in [2.05, 4.69) is 5.32 Å². The third kappa shape index (κ3) is 7.41. The summed E-state index contributed by atoms with van der Waals surface area (Å²) in [5.74, 6) is 0.158. The molecule has 0 aromatic heterocycles. The monoisotopic (exact) mass is 396 g/mol. The van der Waals surface area contributed by atoms with E-state index in [1.54, 1.807) is 33.0 Å². The van der Waals surface area contributed by atoms with Gasteiger partial charge in [-0.25, -0.2) is 0 Å². The minimum absolute atomic E-state index is 0.0651. The van der Waals surface area contributed by atoms with Crippen molar-refractivity contribution < 1.29 is 19.1 Å². The van der Waals surface area contributed by atoms with Crippen LogP contribution in [0.5, 0.6) is 5.75 Å². The molecule has 154 valence electrons. The summed E-state index contributed by atoms with van der Waals surface area (Å²) in [5.41, 5.74) is 2.83. The van der Waals surface area contributed by atoms with Crippen LogP contribution in [-0.4, -0.2) is 42.2 Å². The minimum atomic E-state index is -0.727. The van der Waals surface area contributed by atoms with Crippen LogP contribution in [0.15, 0.2) is 48.5 Å². The Morgan fingerprint density at radius 2 is 1.66 bits per heavy atom. The maximum atomic E-state index is 12.5. The Labute approximate surface area is 171 Å². The predicted molar refractivity (Wildman–Crippen MR) is 113 cm³/mol. The number of aryl methyl sites for hydroxylation is 2. The van der Waals surface area contributed by atoms with Gasteiger partial charge in [0.2, 0.25) is 5.91 Å². The van der Waals surface area contributed by atoms with Gasteiger partial charge in [0.15, 0.2) is 6.10 Å². The maximum Gasteiger partial charge on any atom is 0.263 e. The van der Waals surface area contributed by atoms with Gasteiger partial charge in [-0.05, 0) is 57.0 Å². The molecule has 0 bridgehead atoms. The van der Waals surface area contributed by atoms with Gasteiger partial charge in [-0.3, -0.25) is 9.59 Å². The van der Waals surface area contributed by atoms with Crippen molar-refractivity contribution in [1.82, 2.24) is 4.90 Å². The van der Waals surface area contributed by atoms with Gasteiger partial charge in [-0.1, -0.05) is 29.8 Å². The lowest BCUT2D eigenvalue weighted by Gasteiger charge is -2.22. The fourth-order valence-electron chi connectivity index (χ4n) is 2.75. The SMILES string of the molecule is CC(=O)CCc1ccc(OC(C)C(=O)N(C)CC(=O)Nc2ccc(C)cc2)cc1. The van der Waals surface area contributed by atoms with Gasteiger partial charge >= 0.3 is 0 Å². The number of benzene rings is 2. The molecular weight excluding hydrogens is 368 g/mol. The Morgan fingerprint density at radius 3 is 2.24 bits per heavy atom. The van der Waals surface area contributed by atoms with Crippen LogP contribution in [0.25, 0.3) is 0 Å². The first-order chi connectivity index (χ1) is 13.7. The number of rotatable bonds is 9. The van der Waals surface area contributed by atoms with E-state index in [0.717, 1.165) is 11.1 Å². The molecule has 0 aliphatic heterocycles. The van der Waals surface area contributed by atoms with Crippen LogP contribution in [0, 0.1) is 6.92 Å². The van der Waals surface area contributed by atoms with Crippen LogP contribution in [0.1, 0.15) is 31.4 Å². The summed E-state index contributed by atoms with van der Waals surface area (Å²) in [6.45, 7) is 5.13. The Morgan fingerprint density at radius 1 is 1.03 bits per heavy atom. The summed E-state index contributed by atoms with van der Waals surface area (Å²) in [7, 11) is 1.57. The molecule has 1 atom stereocenters. The number of hydrogen-bond donors (Lipinski definition) is 1. The number of carbonyl (C=O) groups excluding carboxylic acids is 3. The highest BCUT2D eigenvalue weighted by Gasteiger charge is 2.21. The molecule has 2 amide bonds. The average molecular weight is 396 g/mol. The van der Waals surface area contributed by atoms with Crippen LogP contribution in [0.2, 0.25) is 0 Å². The summed E-state index contributed by atoms with van der Waals surface area (Å²) in [6.07, 6.45) is 0.461. The predicted octanol–water partition coefficient (Wildman–Crippen LogP) is 3.38. The van der Waals surface area contributed by atoms with Gasteiger partial charge in [-0.15, -0.1) is 0 Å². The lowest BCUT2D eigenvalue weighted by Crippen LogP contribution is -2.41. The second kappa shape index (κ2) is 10.4. The number of likely N-dealkylation sites (N-methyl/N-ethyl adjacent to an activating group) is 1. The number of anilines is 1. The van der Waals surface area contributed by atoms with E-state index in [1.165, 1.54) is 4.90 Å². The summed E-state index contributed by atoms with van der Waals surface area (Å²) in [6, 6.07) is 14.8. The van der Waals surface area contributed by atoms with Crippen molar-refractivity contribution in [2.24, 2.45) is 0 Å². The van der Waals surface area contributed by atoms with E-state index in [1.807, 2.05) is 43.3 Å². The van der Waals surface area contributed by atoms with E-state index in [-0.39, 0.29) is 24.1 Å². The van der Waals surface area contributed by atoms with Crippen molar-refractivity contribution in [3.63, 3.8) is 0 Å². The van der Waals surface area contributed by atoms with Crippen molar-refractivity contribution in [3.8, 4) is 5.75 Å². The van der Waals surface area contributed by atoms with Crippen molar-refractivity contribution in [3.05, 3.63) is 59.7 Å². The topological polar surface area (TPSA) is 75.7 Å². The fourth-order valence-corrected chi connectivity index (χ4v) is 2.75. The highest BCUT2D eigenvalue weighted by molar-refractivity contribution is 5.95. The molecule has 2 rings (SSSR count). The van der Waals surface area contributed by atoms with Crippen LogP contribution in [0.4, 0.5) is 5.69 Å². The largest absolute Gasteiger partial charge is 0.481 e. The lowest BCUT2D eigenvalue weighted by molar-refractivity contribution is -0.139. The zero-order valence-corrected chi connectivity index (χ0v) is 17.4. The van der Waals surface area contributed by atoms with Crippen LogP contribution >= 0.6 is 0 Å². The number of hydrogen-bond acceptors (Lipinski definition) is 4. The molecule has 29 heavy (non-hydrogen) atoms. The van der Waals surface area contributed by atoms with Crippen molar-refractivity contribution in [2.45, 2.75) is 39.7 Å². The quantitative estimate of drug-likeness (QED) is 0.705. The van der Waals surface area contributed by atoms with E-state index >= 15 is 0 Å². The van der Waals surface area contributed by atoms with Crippen LogP contribution in [-0.2, 0) is 20.8 Å². The number of nitrogens with zero attached hydrogens (tertiary/aromatic N) is 1. The normalized spacial score (nSPS) is 11.4. The van der Waals surface area contributed by atoms with Gasteiger partial charge in [0, 0.05) is 19.2 Å². The number of carbonyl (C=O) groups is 3. The number of Topliss-reactive ketones (excluding diaryl/α,β-unsaturated/α-hetero) is 1. The third-order valence-electron chi connectivity index (χ3n) is 4.44. The molecule has 0 radical (unpaired) electrons. The standard InChI is InChI=1S/C23H28N2O4/c1-16-5-11-20(12-6-16)24-22(27)15-25(4)23(28)18(3)29-21-13-9-19(10-14-21)8-7-17(2)26/h5-6,9-14,18H,7-8,15H2,1-4H3,(H,24,27). The summed E-state index contributed by atoms with van der Waals surface area (Å²) in [4.78, 5) is 37.1. The molecular formula is C23H28N2O4. The average Bonchev–Trinajstić information content (AvgIpc) is 2.68. The summed E-state index contributed by atoms with van der Waals surface area (Å²) < 4.78 is 5.70. The zero-order chi connectivity index (χ0) is 21.4. The van der Waals surface area contributed by atoms with E-state index < -0.39 is 6.10 Å². The molecule has 1 N–H and O–H groups in total. The molecule has 0 saturated carbocycles. The van der Waals surface area contributed by atoms with Gasteiger partial charge in [0.1, 0.15) is 11.5 Å². The molecule has 0 heterocycles. The second-order valence-electron chi connectivity index (χ2n) is 7.21. The first kappa shape index (κ1) is 22.1. The molecule has 0 spiro atoms. The van der Waals surface area contributed by atoms with Gasteiger partial charge in [-0.2, -0.15) is 0 Å². The zero-order valence-electron chi connectivity index (χ0n) is 17.4. The molecule has 2 aromatic rings. The number of ketones is 1. The van der Waals surface area contributed by atoms with Gasteiger partial charge < -0.3 is 19.7 Å². The van der Waals surface area contributed by atoms with Gasteiger partial charge in [0.05, 0.1) is 6.54 Å². The summed E-state index contributed by atoms with van der Waals surface area (Å²) in [5, 5.41) is 2.77. The first-order valence-electron chi connectivity index (χ1n) is 9.61. The number of ether oxygens (including phenoxy) is 1.